The lowest BCUT2D eigenvalue weighted by molar-refractivity contribution is 0.0858. The topological polar surface area (TPSA) is 38.5 Å². The van der Waals surface area contributed by atoms with Gasteiger partial charge in [-0.15, -0.1) is 0 Å². The normalized spacial score (nSPS) is 11.3. The highest BCUT2D eigenvalue weighted by atomic mass is 35.5. The van der Waals surface area contributed by atoms with Gasteiger partial charge >= 0.3 is 0 Å². The molecule has 2 N–H and O–H groups in total. The van der Waals surface area contributed by atoms with Crippen LogP contribution < -0.4 is 10.5 Å². The van der Waals surface area contributed by atoms with Crippen molar-refractivity contribution in [2.75, 3.05) is 26.7 Å². The van der Waals surface area contributed by atoms with Gasteiger partial charge < -0.3 is 10.5 Å². The van der Waals surface area contributed by atoms with Crippen molar-refractivity contribution < 1.29 is 13.5 Å². The van der Waals surface area contributed by atoms with Gasteiger partial charge in [-0.25, -0.2) is 8.78 Å². The lowest BCUT2D eigenvalue weighted by Gasteiger charge is -2.22. The first-order valence-electron chi connectivity index (χ1n) is 5.59. The number of alkyl halides is 2. The van der Waals surface area contributed by atoms with E-state index in [9.17, 15) is 8.78 Å². The maximum absolute atomic E-state index is 12.4. The molecule has 0 aliphatic carbocycles. The number of hydrogen-bond acceptors (Lipinski definition) is 3. The predicted molar refractivity (Wildman–Crippen MR) is 68.3 cm³/mol. The number of rotatable bonds is 7. The Bertz CT molecular complexity index is 377. The number of hydrogen-bond donors (Lipinski definition) is 1. The Kier molecular flexibility index (Phi) is 6.32. The zero-order valence-electron chi connectivity index (χ0n) is 10.2. The maximum Gasteiger partial charge on any atom is 0.251 e. The molecule has 1 aromatic rings. The van der Waals surface area contributed by atoms with Gasteiger partial charge in [0.25, 0.3) is 6.43 Å². The molecule has 0 amide bonds. The van der Waals surface area contributed by atoms with Gasteiger partial charge in [-0.1, -0.05) is 11.6 Å². The third kappa shape index (κ3) is 4.76. The minimum atomic E-state index is -2.39. The van der Waals surface area contributed by atoms with Crippen LogP contribution in [0.3, 0.4) is 0 Å². The monoisotopic (exact) mass is 278 g/mol. The summed E-state index contributed by atoms with van der Waals surface area (Å²) in [7, 11) is 1.53. The molecule has 0 atom stereocenters. The van der Waals surface area contributed by atoms with Crippen molar-refractivity contribution in [2.24, 2.45) is 5.73 Å². The van der Waals surface area contributed by atoms with Crippen molar-refractivity contribution in [3.63, 3.8) is 0 Å². The van der Waals surface area contributed by atoms with E-state index in [1.165, 1.54) is 7.11 Å². The molecule has 6 heteroatoms. The molecule has 0 unspecified atom stereocenters. The van der Waals surface area contributed by atoms with Crippen LogP contribution in [0.5, 0.6) is 5.75 Å². The second-order valence-electron chi connectivity index (χ2n) is 3.87. The molecule has 102 valence electrons. The fraction of sp³-hybridized carbons (Fsp3) is 0.500. The number of nitrogens with two attached hydrogens (primary N) is 1. The Morgan fingerprint density at radius 3 is 2.72 bits per heavy atom. The highest BCUT2D eigenvalue weighted by Gasteiger charge is 2.14. The van der Waals surface area contributed by atoms with Gasteiger partial charge in [0.15, 0.2) is 0 Å². The van der Waals surface area contributed by atoms with E-state index in [4.69, 9.17) is 22.1 Å². The highest BCUT2D eigenvalue weighted by Crippen LogP contribution is 2.24. The molecular formula is C12H17ClF2N2O. The first kappa shape index (κ1) is 15.1. The lowest BCUT2D eigenvalue weighted by atomic mass is 10.2. The maximum atomic E-state index is 12.4. The molecule has 0 spiro atoms. The quantitative estimate of drug-likeness (QED) is 0.832. The van der Waals surface area contributed by atoms with Gasteiger partial charge in [0, 0.05) is 30.2 Å². The van der Waals surface area contributed by atoms with Crippen LogP contribution in [0, 0.1) is 0 Å². The van der Waals surface area contributed by atoms with Crippen LogP contribution in [0.1, 0.15) is 5.56 Å². The van der Waals surface area contributed by atoms with E-state index in [1.807, 2.05) is 0 Å². The number of nitrogens with zero attached hydrogens (tertiary/aromatic N) is 1. The SMILES string of the molecule is COc1ccc(Cl)cc1CN(CCN)CC(F)F. The van der Waals surface area contributed by atoms with Crippen LogP contribution in [-0.4, -0.2) is 38.1 Å². The summed E-state index contributed by atoms with van der Waals surface area (Å²) >= 11 is 5.89. The minimum absolute atomic E-state index is 0.313. The Labute approximate surface area is 110 Å². The van der Waals surface area contributed by atoms with E-state index in [-0.39, 0.29) is 6.54 Å². The van der Waals surface area contributed by atoms with Gasteiger partial charge in [-0.3, -0.25) is 4.90 Å². The molecule has 1 aromatic carbocycles. The first-order valence-corrected chi connectivity index (χ1v) is 5.97. The summed E-state index contributed by atoms with van der Waals surface area (Å²) in [6.45, 7) is 0.758. The molecule has 0 radical (unpaired) electrons. The Morgan fingerprint density at radius 1 is 1.44 bits per heavy atom. The van der Waals surface area contributed by atoms with Gasteiger partial charge in [0.1, 0.15) is 5.75 Å². The fourth-order valence-corrected chi connectivity index (χ4v) is 1.92. The van der Waals surface area contributed by atoms with Crippen LogP contribution in [0.25, 0.3) is 0 Å². The molecule has 0 saturated carbocycles. The zero-order chi connectivity index (χ0) is 13.5. The summed E-state index contributed by atoms with van der Waals surface area (Å²) in [5.41, 5.74) is 6.19. The van der Waals surface area contributed by atoms with Crippen molar-refractivity contribution in [3.8, 4) is 5.75 Å². The lowest BCUT2D eigenvalue weighted by Crippen LogP contribution is -2.33. The van der Waals surface area contributed by atoms with E-state index in [2.05, 4.69) is 0 Å². The van der Waals surface area contributed by atoms with Crippen LogP contribution >= 0.6 is 11.6 Å². The molecule has 0 aliphatic rings. The minimum Gasteiger partial charge on any atom is -0.496 e. The summed E-state index contributed by atoms with van der Waals surface area (Å²) in [5.74, 6) is 0.635. The third-order valence-electron chi connectivity index (χ3n) is 2.48. The molecule has 0 aliphatic heterocycles. The fourth-order valence-electron chi connectivity index (χ4n) is 1.72. The Hall–Kier alpha value is -0.910. The van der Waals surface area contributed by atoms with Crippen molar-refractivity contribution >= 4 is 11.6 Å². The van der Waals surface area contributed by atoms with E-state index < -0.39 is 6.43 Å². The molecule has 0 aromatic heterocycles. The molecule has 3 nitrogen and oxygen atoms in total. The van der Waals surface area contributed by atoms with Crippen molar-refractivity contribution in [3.05, 3.63) is 28.8 Å². The van der Waals surface area contributed by atoms with E-state index in [1.54, 1.807) is 23.1 Å². The van der Waals surface area contributed by atoms with Crippen LogP contribution in [0.15, 0.2) is 18.2 Å². The average Bonchev–Trinajstić information content (AvgIpc) is 2.28. The summed E-state index contributed by atoms with van der Waals surface area (Å²) in [6, 6.07) is 5.14. The first-order chi connectivity index (χ1) is 8.56. The number of benzene rings is 1. The molecule has 0 bridgehead atoms. The van der Waals surface area contributed by atoms with E-state index in [0.29, 0.717) is 30.4 Å². The Balaban J connectivity index is 2.81. The Morgan fingerprint density at radius 2 is 2.17 bits per heavy atom. The van der Waals surface area contributed by atoms with Crippen molar-refractivity contribution in [2.45, 2.75) is 13.0 Å². The van der Waals surface area contributed by atoms with Crippen molar-refractivity contribution in [1.82, 2.24) is 4.90 Å². The molecule has 0 heterocycles. The smallest absolute Gasteiger partial charge is 0.251 e. The van der Waals surface area contributed by atoms with Gasteiger partial charge in [-0.2, -0.15) is 0 Å². The summed E-state index contributed by atoms with van der Waals surface area (Å²) in [4.78, 5) is 1.58. The molecule has 18 heavy (non-hydrogen) atoms. The summed E-state index contributed by atoms with van der Waals surface area (Å²) in [6.07, 6.45) is -2.39. The molecule has 0 saturated heterocycles. The van der Waals surface area contributed by atoms with Gasteiger partial charge in [0.05, 0.1) is 13.7 Å². The van der Waals surface area contributed by atoms with E-state index in [0.717, 1.165) is 5.56 Å². The van der Waals surface area contributed by atoms with Crippen LogP contribution in [0.4, 0.5) is 8.78 Å². The number of halogens is 3. The number of ether oxygens (including phenoxy) is 1. The van der Waals surface area contributed by atoms with Crippen molar-refractivity contribution in [1.29, 1.82) is 0 Å². The summed E-state index contributed by atoms with van der Waals surface area (Å²) < 4.78 is 30.0. The zero-order valence-corrected chi connectivity index (χ0v) is 11.0. The van der Waals surface area contributed by atoms with E-state index >= 15 is 0 Å². The molecule has 1 rings (SSSR count). The standard InChI is InChI=1S/C12H17ClF2N2O/c1-18-11-3-2-10(13)6-9(11)7-17(5-4-16)8-12(14)15/h2-3,6,12H,4-5,7-8,16H2,1H3. The molecular weight excluding hydrogens is 262 g/mol. The average molecular weight is 279 g/mol. The van der Waals surface area contributed by atoms with Gasteiger partial charge in [-0.05, 0) is 18.2 Å². The second-order valence-corrected chi connectivity index (χ2v) is 4.31. The largest absolute Gasteiger partial charge is 0.496 e. The van der Waals surface area contributed by atoms with Crippen LogP contribution in [0.2, 0.25) is 5.02 Å². The number of methoxy groups -OCH3 is 1. The third-order valence-corrected chi connectivity index (χ3v) is 2.71. The molecule has 0 fully saturated rings. The predicted octanol–water partition coefficient (Wildman–Crippen LogP) is 2.37. The van der Waals surface area contributed by atoms with Crippen LogP contribution in [-0.2, 0) is 6.54 Å². The van der Waals surface area contributed by atoms with Gasteiger partial charge in [0.2, 0.25) is 0 Å². The summed E-state index contributed by atoms with van der Waals surface area (Å²) in [5, 5.41) is 0.551. The highest BCUT2D eigenvalue weighted by molar-refractivity contribution is 6.30. The second kappa shape index (κ2) is 7.51.